The van der Waals surface area contributed by atoms with Crippen LogP contribution in [0.4, 0.5) is 28.9 Å². The number of carbonyl (C=O) groups is 13. The number of rotatable bonds is 45. The molecule has 0 saturated carbocycles. The maximum absolute atomic E-state index is 16.5. The zero-order valence-corrected chi connectivity index (χ0v) is 79.9. The van der Waals surface area contributed by atoms with Crippen molar-refractivity contribution >= 4 is 149 Å². The van der Waals surface area contributed by atoms with E-state index < -0.39 is 217 Å². The molecule has 8 atom stereocenters. The van der Waals surface area contributed by atoms with Crippen LogP contribution in [0, 0.1) is 34.1 Å². The van der Waals surface area contributed by atoms with E-state index in [1.807, 2.05) is 70.1 Å². The van der Waals surface area contributed by atoms with Crippen molar-refractivity contribution in [1.29, 1.82) is 5.41 Å². The Labute approximate surface area is 798 Å². The number of benzene rings is 3. The van der Waals surface area contributed by atoms with Crippen LogP contribution in [0.25, 0.3) is 5.57 Å². The number of anilines is 1. The number of aliphatic carboxylic acids is 1. The molecule has 0 aromatic heterocycles. The second-order valence-electron chi connectivity index (χ2n) is 33.6. The fraction of sp³-hybridized carbons (Fsp3) is 0.539. The first-order valence-corrected chi connectivity index (χ1v) is 49.5. The molecule has 2 bridgehead atoms. The number of fused-ring (bicyclic) bond motifs is 7. The first-order valence-electron chi connectivity index (χ1n) is 44.3. The standard InChI is InChI=1S/C89H123F4N17O22S4/c1-88(2,3)67-44-55(57-29-28-56(109(5)6)45-65(57)132-67)23-12-8-13-26-66-89(4,30-16-19-42-136(125,126)127)74-75(90)76(91)77(92)78(93)79(74)110(66)35-18-9-14-27-69(112)97-31-17-15-24-59-82(120)107-63-51-134-135-52-64(108-84(122)61(46-73(116)117)103-70(113)47-101-80(118)58(104-85(63)123)25-20-32-100-87(95)96)86(124)105-60(43-54-21-10-7-11-22-54)83(121)106-62(50-133-53-72(115)102-59)81(119)99-34-37-129-39-41-130-40-38-128-36-33-98-71(114)49-131-48-68(94)111/h7-8,10-13,21-23,26,28-29,44-45,58-64H,9,14-20,24-25,27,30-43,46-53H2,1-6H3,(H18-,94,95,96,97,98,99,100,101,102,103,104,105,106,107,108,111,112,113,114,115,116,117,118,119,120,121,122,123,124,125,126,127)/t58-,59-,60-,61-,62-,63-,64-,89?/m0/s1. The van der Waals surface area contributed by atoms with Crippen LogP contribution < -0.4 is 84.9 Å². The number of unbranched alkanes of at least 4 members (excludes halogenated alkanes) is 4. The fourth-order valence-corrected chi connectivity index (χ4v) is 18.2. The number of ether oxygens (including phenoxy) is 5. The van der Waals surface area contributed by atoms with E-state index >= 15 is 17.6 Å². The maximum atomic E-state index is 16.5. The van der Waals surface area contributed by atoms with E-state index in [0.717, 1.165) is 50.2 Å². The first kappa shape index (κ1) is 112. The molecule has 136 heavy (non-hydrogen) atoms. The van der Waals surface area contributed by atoms with Gasteiger partial charge in [-0.1, -0.05) is 103 Å². The van der Waals surface area contributed by atoms with Crippen molar-refractivity contribution in [2.24, 2.45) is 16.9 Å². The molecule has 18 N–H and O–H groups in total. The Morgan fingerprint density at radius 3 is 1.90 bits per heavy atom. The lowest BCUT2D eigenvalue weighted by molar-refractivity contribution is -0.441. The normalized spacial score (nSPS) is 20.6. The van der Waals surface area contributed by atoms with Gasteiger partial charge in [-0.3, -0.25) is 67.7 Å². The molecule has 47 heteroatoms. The summed E-state index contributed by atoms with van der Waals surface area (Å²) >= 11 is 0.840. The number of nitrogens with one attached hydrogen (secondary N) is 13. The SMILES string of the molecule is CN(C)c1ccc2c(c1)OC(C(C)(C)C)=C\C2=C/C=C/C=C/C1=[N+](CCCCCC(=O)NCCCC[C@@H]2NC(=O)CSC[C@@H](C(=O)NCCOCCOCCOCCNC(=O)COCC(N)=O)NC(=O)[C@H](Cc3ccccc3)NC(=O)[C@@H]3CSSC[C@H](NC2=O)C(=O)N[C@@H](CCCNC(=N)N)C(=O)NCC(=O)N[C@@H](CC(=O)O)C(=O)N3)c2c(F)c(F)c(F)c(F)c2C1(C)CCCCS(=O)(=O)[O-]. The predicted octanol–water partition coefficient (Wildman–Crippen LogP) is 2.16. The summed E-state index contributed by atoms with van der Waals surface area (Å²) in [6, 6.07) is 2.95. The molecule has 0 aliphatic carbocycles. The largest absolute Gasteiger partial charge is 0.748 e. The fourth-order valence-electron chi connectivity index (χ4n) is 14.5. The number of nitrogens with two attached hydrogens (primary N) is 2. The molecule has 4 aliphatic heterocycles. The smallest absolute Gasteiger partial charge is 0.305 e. The topological polar surface area (TPSA) is 572 Å². The molecular weight excluding hydrogens is 1860 g/mol. The highest BCUT2D eigenvalue weighted by Gasteiger charge is 2.53. The Kier molecular flexibility index (Phi) is 46.4. The predicted molar refractivity (Wildman–Crippen MR) is 501 cm³/mol. The van der Waals surface area contributed by atoms with Gasteiger partial charge in [0.1, 0.15) is 73.6 Å². The number of primary amides is 1. The molecule has 1 unspecified atom stereocenters. The average molecular weight is 1990 g/mol. The monoisotopic (exact) mass is 1990 g/mol. The van der Waals surface area contributed by atoms with Gasteiger partial charge in [-0.05, 0) is 94.1 Å². The van der Waals surface area contributed by atoms with Crippen LogP contribution >= 0.6 is 33.3 Å². The average Bonchev–Trinajstić information content (AvgIpc) is 1.55. The number of allylic oxidation sites excluding steroid dienone is 8. The van der Waals surface area contributed by atoms with Crippen molar-refractivity contribution in [1.82, 2.24) is 63.8 Å². The van der Waals surface area contributed by atoms with Crippen molar-refractivity contribution in [2.75, 3.05) is 140 Å². The molecule has 2 saturated heterocycles. The summed E-state index contributed by atoms with van der Waals surface area (Å²) in [7, 11) is 0.837. The van der Waals surface area contributed by atoms with Crippen LogP contribution in [-0.4, -0.2) is 288 Å². The highest BCUT2D eigenvalue weighted by atomic mass is 33.1. The number of thioether (sulfide) groups is 1. The number of carboxylic acid groups (broad SMARTS) is 1. The third-order valence-corrected chi connectivity index (χ3v) is 25.7. The van der Waals surface area contributed by atoms with Gasteiger partial charge in [-0.2, -0.15) is 8.97 Å². The molecule has 0 radical (unpaired) electrons. The van der Waals surface area contributed by atoms with Crippen molar-refractivity contribution in [3.63, 3.8) is 0 Å². The van der Waals surface area contributed by atoms with E-state index in [4.69, 9.17) is 40.6 Å². The molecule has 3 aromatic rings. The summed E-state index contributed by atoms with van der Waals surface area (Å²) in [5, 5.41) is 48.6. The maximum Gasteiger partial charge on any atom is 0.305 e. The molecule has 4 aliphatic rings. The molecule has 4 heterocycles. The van der Waals surface area contributed by atoms with Crippen molar-refractivity contribution in [3.05, 3.63) is 131 Å². The summed E-state index contributed by atoms with van der Waals surface area (Å²) in [4.78, 5) is 180. The lowest BCUT2D eigenvalue weighted by atomic mass is 9.75. The Bertz CT molecular complexity index is 4990. The van der Waals surface area contributed by atoms with Gasteiger partial charge in [-0.15, -0.1) is 11.8 Å². The number of amides is 12. The van der Waals surface area contributed by atoms with E-state index in [9.17, 15) is 80.4 Å². The molecule has 39 nitrogen and oxygen atoms in total. The van der Waals surface area contributed by atoms with E-state index in [1.165, 1.54) is 11.5 Å². The van der Waals surface area contributed by atoms with Gasteiger partial charge in [0, 0.05) is 111 Å². The summed E-state index contributed by atoms with van der Waals surface area (Å²) in [5.74, 6) is -20.8. The second kappa shape index (κ2) is 56.5. The molecular formula is C89H123F4N17O22S4. The van der Waals surface area contributed by atoms with Gasteiger partial charge in [0.15, 0.2) is 23.3 Å². The Balaban J connectivity index is 1.10. The van der Waals surface area contributed by atoms with Crippen molar-refractivity contribution in [2.45, 2.75) is 165 Å². The van der Waals surface area contributed by atoms with E-state index in [2.05, 4.69) is 63.8 Å². The Morgan fingerprint density at radius 1 is 0.647 bits per heavy atom. The third-order valence-electron chi connectivity index (χ3n) is 21.5. The van der Waals surface area contributed by atoms with Crippen molar-refractivity contribution < 1.29 is 126 Å². The summed E-state index contributed by atoms with van der Waals surface area (Å²) in [6.45, 7) is 6.29. The minimum atomic E-state index is -4.70. The van der Waals surface area contributed by atoms with Gasteiger partial charge in [-0.25, -0.2) is 21.6 Å². The quantitative estimate of drug-likeness (QED) is 0.00368. The zero-order chi connectivity index (χ0) is 99.7. The van der Waals surface area contributed by atoms with Crippen LogP contribution in [0.15, 0.2) is 90.7 Å². The zero-order valence-electron chi connectivity index (χ0n) is 76.7. The molecule has 12 amide bonds. The highest BCUT2D eigenvalue weighted by molar-refractivity contribution is 8.76. The van der Waals surface area contributed by atoms with Crippen LogP contribution in [0.3, 0.4) is 0 Å². The minimum absolute atomic E-state index is 0.00871. The second-order valence-corrected chi connectivity index (χ2v) is 38.7. The number of nitrogens with zero attached hydrogens (tertiary/aromatic N) is 2. The minimum Gasteiger partial charge on any atom is -0.748 e. The van der Waals surface area contributed by atoms with Gasteiger partial charge >= 0.3 is 5.97 Å². The van der Waals surface area contributed by atoms with Gasteiger partial charge in [0.05, 0.1) is 79.5 Å². The highest BCUT2D eigenvalue weighted by Crippen LogP contribution is 2.48. The van der Waals surface area contributed by atoms with Crippen molar-refractivity contribution in [3.8, 4) is 5.75 Å². The number of hydrogen-bond donors (Lipinski definition) is 16. The summed E-state index contributed by atoms with van der Waals surface area (Å²) in [5.41, 5.74) is 10.6. The number of guanidine groups is 1. The van der Waals surface area contributed by atoms with Gasteiger partial charge in [0.2, 0.25) is 82.5 Å². The molecule has 748 valence electrons. The molecule has 2 fully saturated rings. The number of hydrogen-bond acceptors (Lipinski definition) is 26. The molecule has 0 spiro atoms. The molecule has 7 rings (SSSR count). The Hall–Kier alpha value is -11.2. The van der Waals surface area contributed by atoms with Crippen LogP contribution in [-0.2, 0) is 103 Å². The van der Waals surface area contributed by atoms with Crippen LogP contribution in [0.5, 0.6) is 5.75 Å². The Morgan fingerprint density at radius 2 is 1.26 bits per heavy atom. The third kappa shape index (κ3) is 37.7. The van der Waals surface area contributed by atoms with Crippen LogP contribution in [0.2, 0.25) is 0 Å². The number of carbonyl (C=O) groups excluding carboxylic acids is 12. The number of halogens is 4. The van der Waals surface area contributed by atoms with Crippen LogP contribution in [0.1, 0.15) is 128 Å². The lowest BCUT2D eigenvalue weighted by Gasteiger charge is -2.29. The number of carboxylic acids is 1. The first-order chi connectivity index (χ1) is 64.6. The van der Waals surface area contributed by atoms with E-state index in [0.29, 0.717) is 17.1 Å². The van der Waals surface area contributed by atoms with Gasteiger partial charge < -0.3 is 114 Å². The van der Waals surface area contributed by atoms with E-state index in [1.54, 1.807) is 54.6 Å². The summed E-state index contributed by atoms with van der Waals surface area (Å²) < 4.78 is 128. The summed E-state index contributed by atoms with van der Waals surface area (Å²) in [6.07, 6.45) is 9.24. The lowest BCUT2D eigenvalue weighted by Crippen LogP contribution is -2.60. The molecule has 3 aromatic carbocycles. The van der Waals surface area contributed by atoms with E-state index in [-0.39, 0.29) is 180 Å². The van der Waals surface area contributed by atoms with Gasteiger partial charge in [0.25, 0.3) is 5.69 Å².